The van der Waals surface area contributed by atoms with Gasteiger partial charge in [-0.05, 0) is 31.0 Å². The zero-order valence-corrected chi connectivity index (χ0v) is 13.0. The average molecular weight is 295 g/mol. The smallest absolute Gasteiger partial charge is 0.264 e. The predicted molar refractivity (Wildman–Crippen MR) is 86.7 cm³/mol. The van der Waals surface area contributed by atoms with Gasteiger partial charge in [0.1, 0.15) is 5.75 Å². The van der Waals surface area contributed by atoms with Gasteiger partial charge >= 0.3 is 0 Å². The first-order chi connectivity index (χ1) is 10.6. The van der Waals surface area contributed by atoms with E-state index in [0.717, 1.165) is 16.9 Å². The minimum atomic E-state index is -0.400. The fraction of sp³-hybridized carbons (Fsp3) is 0.316. The summed E-state index contributed by atoms with van der Waals surface area (Å²) >= 11 is 0. The molecule has 3 heteroatoms. The largest absolute Gasteiger partial charge is 0.480 e. The molecule has 0 spiro atoms. The van der Waals surface area contributed by atoms with Crippen LogP contribution in [0.15, 0.2) is 54.6 Å². The molecule has 1 heterocycles. The maximum atomic E-state index is 12.9. The standard InChI is InChI=1S/C19H21NO2/c1-14(2)20(13-15-8-4-3-5-9-15)19(21)18-12-16-10-6-7-11-17(16)22-18/h3-11,14,18H,12-13H2,1-2H3. The average Bonchev–Trinajstić information content (AvgIpc) is 2.97. The van der Waals surface area contributed by atoms with Crippen LogP contribution in [0.2, 0.25) is 0 Å². The van der Waals surface area contributed by atoms with Crippen LogP contribution in [0.3, 0.4) is 0 Å². The summed E-state index contributed by atoms with van der Waals surface area (Å²) in [7, 11) is 0. The Bertz CT molecular complexity index is 626. The molecule has 1 amide bonds. The van der Waals surface area contributed by atoms with E-state index in [2.05, 4.69) is 0 Å². The molecule has 0 bridgehead atoms. The highest BCUT2D eigenvalue weighted by atomic mass is 16.5. The minimum Gasteiger partial charge on any atom is -0.480 e. The van der Waals surface area contributed by atoms with Gasteiger partial charge in [-0.3, -0.25) is 4.79 Å². The molecular formula is C19H21NO2. The summed E-state index contributed by atoms with van der Waals surface area (Å²) in [6, 6.07) is 18.1. The van der Waals surface area contributed by atoms with E-state index >= 15 is 0 Å². The van der Waals surface area contributed by atoms with Crippen molar-refractivity contribution in [1.29, 1.82) is 0 Å². The van der Waals surface area contributed by atoms with Gasteiger partial charge in [-0.2, -0.15) is 0 Å². The van der Waals surface area contributed by atoms with Crippen LogP contribution in [0.5, 0.6) is 5.75 Å². The van der Waals surface area contributed by atoms with Crippen molar-refractivity contribution in [3.8, 4) is 5.75 Å². The molecule has 2 aromatic carbocycles. The highest BCUT2D eigenvalue weighted by Gasteiger charge is 2.33. The summed E-state index contributed by atoms with van der Waals surface area (Å²) < 4.78 is 5.85. The van der Waals surface area contributed by atoms with Crippen LogP contribution in [-0.4, -0.2) is 23.0 Å². The zero-order chi connectivity index (χ0) is 15.5. The van der Waals surface area contributed by atoms with Crippen LogP contribution < -0.4 is 4.74 Å². The highest BCUT2D eigenvalue weighted by Crippen LogP contribution is 2.29. The SMILES string of the molecule is CC(C)N(Cc1ccccc1)C(=O)C1Cc2ccccc2O1. The lowest BCUT2D eigenvalue weighted by atomic mass is 10.1. The lowest BCUT2D eigenvalue weighted by molar-refractivity contribution is -0.140. The van der Waals surface area contributed by atoms with E-state index in [0.29, 0.717) is 13.0 Å². The Balaban J connectivity index is 1.74. The second kappa shape index (κ2) is 6.22. The van der Waals surface area contributed by atoms with Crippen LogP contribution in [0.1, 0.15) is 25.0 Å². The number of amides is 1. The Morgan fingerprint density at radius 3 is 2.50 bits per heavy atom. The monoisotopic (exact) mass is 295 g/mol. The third kappa shape index (κ3) is 2.98. The van der Waals surface area contributed by atoms with Crippen molar-refractivity contribution in [2.45, 2.75) is 39.0 Å². The number of nitrogens with zero attached hydrogens (tertiary/aromatic N) is 1. The van der Waals surface area contributed by atoms with E-state index in [4.69, 9.17) is 4.74 Å². The van der Waals surface area contributed by atoms with Crippen molar-refractivity contribution < 1.29 is 9.53 Å². The van der Waals surface area contributed by atoms with E-state index in [9.17, 15) is 4.79 Å². The maximum Gasteiger partial charge on any atom is 0.264 e. The molecule has 1 unspecified atom stereocenters. The molecule has 3 nitrogen and oxygen atoms in total. The molecule has 1 aliphatic rings. The van der Waals surface area contributed by atoms with Crippen molar-refractivity contribution in [3.63, 3.8) is 0 Å². The van der Waals surface area contributed by atoms with Crippen molar-refractivity contribution in [2.24, 2.45) is 0 Å². The molecule has 0 fully saturated rings. The molecule has 0 N–H and O–H groups in total. The Morgan fingerprint density at radius 1 is 1.14 bits per heavy atom. The first-order valence-electron chi connectivity index (χ1n) is 7.74. The zero-order valence-electron chi connectivity index (χ0n) is 13.0. The third-order valence-electron chi connectivity index (χ3n) is 4.02. The van der Waals surface area contributed by atoms with E-state index in [1.807, 2.05) is 73.3 Å². The Morgan fingerprint density at radius 2 is 1.82 bits per heavy atom. The second-order valence-electron chi connectivity index (χ2n) is 5.96. The number of rotatable bonds is 4. The van der Waals surface area contributed by atoms with Crippen molar-refractivity contribution in [2.75, 3.05) is 0 Å². The highest BCUT2D eigenvalue weighted by molar-refractivity contribution is 5.83. The summed E-state index contributed by atoms with van der Waals surface area (Å²) in [6.07, 6.45) is 0.260. The normalized spacial score (nSPS) is 16.2. The fourth-order valence-electron chi connectivity index (χ4n) is 2.80. The molecule has 0 aromatic heterocycles. The lowest BCUT2D eigenvalue weighted by Crippen LogP contribution is -2.44. The van der Waals surface area contributed by atoms with Gasteiger partial charge in [-0.1, -0.05) is 48.5 Å². The first-order valence-corrected chi connectivity index (χ1v) is 7.74. The topological polar surface area (TPSA) is 29.5 Å². The van der Waals surface area contributed by atoms with Gasteiger partial charge in [0.15, 0.2) is 6.10 Å². The molecule has 1 atom stereocenters. The van der Waals surface area contributed by atoms with Crippen molar-refractivity contribution >= 4 is 5.91 Å². The third-order valence-corrected chi connectivity index (χ3v) is 4.02. The molecule has 0 radical (unpaired) electrons. The van der Waals surface area contributed by atoms with E-state index < -0.39 is 6.10 Å². The lowest BCUT2D eigenvalue weighted by Gasteiger charge is -2.29. The number of fused-ring (bicyclic) bond motifs is 1. The maximum absolute atomic E-state index is 12.9. The second-order valence-corrected chi connectivity index (χ2v) is 5.96. The minimum absolute atomic E-state index is 0.0649. The number of ether oxygens (including phenoxy) is 1. The Kier molecular flexibility index (Phi) is 4.14. The summed E-state index contributed by atoms with van der Waals surface area (Å²) in [4.78, 5) is 14.8. The van der Waals surface area contributed by atoms with Crippen LogP contribution in [0.25, 0.3) is 0 Å². The molecule has 1 aliphatic heterocycles. The van der Waals surface area contributed by atoms with Gasteiger partial charge in [0.2, 0.25) is 0 Å². The number of hydrogen-bond acceptors (Lipinski definition) is 2. The Labute approximate surface area is 131 Å². The van der Waals surface area contributed by atoms with Gasteiger partial charge in [0.05, 0.1) is 0 Å². The molecule has 0 saturated carbocycles. The van der Waals surface area contributed by atoms with Crippen LogP contribution >= 0.6 is 0 Å². The molecule has 0 aliphatic carbocycles. The van der Waals surface area contributed by atoms with E-state index in [1.165, 1.54) is 0 Å². The molecule has 114 valence electrons. The molecule has 22 heavy (non-hydrogen) atoms. The fourth-order valence-corrected chi connectivity index (χ4v) is 2.80. The van der Waals surface area contributed by atoms with Gasteiger partial charge in [-0.15, -0.1) is 0 Å². The van der Waals surface area contributed by atoms with E-state index in [-0.39, 0.29) is 11.9 Å². The number of carbonyl (C=O) groups excluding carboxylic acids is 1. The number of benzene rings is 2. The van der Waals surface area contributed by atoms with Gasteiger partial charge in [0.25, 0.3) is 5.91 Å². The first kappa shape index (κ1) is 14.6. The van der Waals surface area contributed by atoms with E-state index in [1.54, 1.807) is 0 Å². The Hall–Kier alpha value is -2.29. The van der Waals surface area contributed by atoms with Gasteiger partial charge < -0.3 is 9.64 Å². The molecule has 0 saturated heterocycles. The summed E-state index contributed by atoms with van der Waals surface area (Å²) in [5.41, 5.74) is 2.25. The number of carbonyl (C=O) groups is 1. The predicted octanol–water partition coefficient (Wildman–Crippen LogP) is 3.43. The number of hydrogen-bond donors (Lipinski definition) is 0. The van der Waals surface area contributed by atoms with Crippen LogP contribution in [0.4, 0.5) is 0 Å². The van der Waals surface area contributed by atoms with Gasteiger partial charge in [-0.25, -0.2) is 0 Å². The van der Waals surface area contributed by atoms with Crippen LogP contribution in [-0.2, 0) is 17.8 Å². The molecule has 3 rings (SSSR count). The summed E-state index contributed by atoms with van der Waals surface area (Å²) in [5, 5.41) is 0. The van der Waals surface area contributed by atoms with Gasteiger partial charge in [0, 0.05) is 19.0 Å². The number of para-hydroxylation sites is 1. The molecule has 2 aromatic rings. The quantitative estimate of drug-likeness (QED) is 0.865. The summed E-state index contributed by atoms with van der Waals surface area (Å²) in [6.45, 7) is 4.71. The van der Waals surface area contributed by atoms with Crippen molar-refractivity contribution in [1.82, 2.24) is 4.90 Å². The summed E-state index contributed by atoms with van der Waals surface area (Å²) in [5.74, 6) is 0.902. The van der Waals surface area contributed by atoms with Crippen LogP contribution in [0, 0.1) is 0 Å². The molecular weight excluding hydrogens is 274 g/mol. The van der Waals surface area contributed by atoms with Crippen molar-refractivity contribution in [3.05, 3.63) is 65.7 Å².